The van der Waals surface area contributed by atoms with Crippen LogP contribution in [0.5, 0.6) is 0 Å². The lowest BCUT2D eigenvalue weighted by atomic mass is 10.1. The van der Waals surface area contributed by atoms with Crippen LogP contribution >= 0.6 is 12.2 Å². The van der Waals surface area contributed by atoms with Crippen molar-refractivity contribution in [1.29, 1.82) is 0 Å². The maximum Gasteiger partial charge on any atom is 0.284 e. The largest absolute Gasteiger partial charge is 0.409 e. The second-order valence-electron chi connectivity index (χ2n) is 5.56. The van der Waals surface area contributed by atoms with E-state index in [-0.39, 0.29) is 10.7 Å². The lowest BCUT2D eigenvalue weighted by Crippen LogP contribution is -2.29. The number of ether oxygens (including phenoxy) is 1. The van der Waals surface area contributed by atoms with Crippen molar-refractivity contribution in [3.05, 3.63) is 34.7 Å². The van der Waals surface area contributed by atoms with Crippen molar-refractivity contribution >= 4 is 18.1 Å². The fourth-order valence-electron chi connectivity index (χ4n) is 2.73. The van der Waals surface area contributed by atoms with Gasteiger partial charge in [0.2, 0.25) is 5.89 Å². The minimum Gasteiger partial charge on any atom is -0.409 e. The van der Waals surface area contributed by atoms with Crippen LogP contribution in [0.15, 0.2) is 28.7 Å². The number of carbonyl (C=O) groups is 1. The Kier molecular flexibility index (Phi) is 4.88. The van der Waals surface area contributed by atoms with Gasteiger partial charge in [0.25, 0.3) is 10.7 Å². The van der Waals surface area contributed by atoms with Crippen LogP contribution in [0, 0.1) is 10.8 Å². The first-order valence-electron chi connectivity index (χ1n) is 7.70. The highest BCUT2D eigenvalue weighted by molar-refractivity contribution is 7.71. The smallest absolute Gasteiger partial charge is 0.284 e. The number of nitrogens with zero attached hydrogens (tertiary/aromatic N) is 2. The van der Waals surface area contributed by atoms with Gasteiger partial charge in [-0.05, 0) is 49.8 Å². The normalized spacial score (nSPS) is 17.6. The molecule has 0 bridgehead atoms. The summed E-state index contributed by atoms with van der Waals surface area (Å²) in [5.74, 6) is 0.914. The minimum absolute atomic E-state index is 0.0541. The maximum atomic E-state index is 12.5. The predicted octanol–water partition coefficient (Wildman–Crippen LogP) is 2.90. The average molecular weight is 333 g/mol. The highest BCUT2D eigenvalue weighted by atomic mass is 32.1. The summed E-state index contributed by atoms with van der Waals surface area (Å²) >= 11 is 4.86. The predicted molar refractivity (Wildman–Crippen MR) is 87.6 cm³/mol. The minimum atomic E-state index is 0.0541. The Balaban J connectivity index is 1.65. The van der Waals surface area contributed by atoms with Gasteiger partial charge < -0.3 is 14.1 Å². The SMILES string of the molecule is CCOCC1CCN(C(=O)c2ccc(-c3n[nH]c(=S)o3)cc2)C1. The van der Waals surface area contributed by atoms with Gasteiger partial charge in [0.15, 0.2) is 0 Å². The van der Waals surface area contributed by atoms with Crippen molar-refractivity contribution in [1.82, 2.24) is 15.1 Å². The van der Waals surface area contributed by atoms with E-state index in [2.05, 4.69) is 10.2 Å². The van der Waals surface area contributed by atoms with Crippen LogP contribution in [0.2, 0.25) is 0 Å². The zero-order valence-corrected chi connectivity index (χ0v) is 13.8. The van der Waals surface area contributed by atoms with Crippen molar-refractivity contribution in [2.24, 2.45) is 5.92 Å². The molecule has 1 atom stereocenters. The number of aromatic nitrogens is 2. The van der Waals surface area contributed by atoms with Crippen molar-refractivity contribution in [3.8, 4) is 11.5 Å². The van der Waals surface area contributed by atoms with E-state index in [9.17, 15) is 4.79 Å². The monoisotopic (exact) mass is 333 g/mol. The first-order chi connectivity index (χ1) is 11.2. The van der Waals surface area contributed by atoms with Gasteiger partial charge >= 0.3 is 0 Å². The van der Waals surface area contributed by atoms with E-state index in [1.807, 2.05) is 24.0 Å². The molecule has 122 valence electrons. The van der Waals surface area contributed by atoms with Crippen molar-refractivity contribution in [2.75, 3.05) is 26.3 Å². The molecule has 1 fully saturated rings. The summed E-state index contributed by atoms with van der Waals surface area (Å²) < 4.78 is 10.7. The molecular formula is C16H19N3O3S. The highest BCUT2D eigenvalue weighted by Gasteiger charge is 2.26. The molecule has 0 spiro atoms. The summed E-state index contributed by atoms with van der Waals surface area (Å²) in [6.07, 6.45) is 0.998. The summed E-state index contributed by atoms with van der Waals surface area (Å²) in [7, 11) is 0. The third-order valence-electron chi connectivity index (χ3n) is 3.95. The molecule has 6 nitrogen and oxygen atoms in total. The standard InChI is InChI=1S/C16H19N3O3S/c1-2-21-10-11-7-8-19(9-11)15(20)13-5-3-12(4-6-13)14-17-18-16(23)22-14/h3-6,11H,2,7-10H2,1H3,(H,18,23). The molecule has 1 aromatic carbocycles. The zero-order chi connectivity index (χ0) is 16.2. The fraction of sp³-hybridized carbons (Fsp3) is 0.438. The topological polar surface area (TPSA) is 71.4 Å². The molecular weight excluding hydrogens is 314 g/mol. The molecule has 1 aliphatic heterocycles. The average Bonchev–Trinajstić information content (AvgIpc) is 3.21. The summed E-state index contributed by atoms with van der Waals surface area (Å²) in [6, 6.07) is 7.21. The number of amides is 1. The quantitative estimate of drug-likeness (QED) is 0.852. The zero-order valence-electron chi connectivity index (χ0n) is 12.9. The van der Waals surface area contributed by atoms with E-state index in [0.717, 1.165) is 38.3 Å². The van der Waals surface area contributed by atoms with E-state index in [1.165, 1.54) is 0 Å². The number of aromatic amines is 1. The van der Waals surface area contributed by atoms with Crippen LogP contribution in [0.25, 0.3) is 11.5 Å². The van der Waals surface area contributed by atoms with E-state index in [0.29, 0.717) is 17.4 Å². The molecule has 1 unspecified atom stereocenters. The number of rotatable bonds is 5. The maximum absolute atomic E-state index is 12.5. The van der Waals surface area contributed by atoms with Gasteiger partial charge in [-0.15, -0.1) is 5.10 Å². The van der Waals surface area contributed by atoms with Crippen LogP contribution in [-0.4, -0.2) is 47.3 Å². The Hall–Kier alpha value is -1.99. The number of hydrogen-bond donors (Lipinski definition) is 1. The van der Waals surface area contributed by atoms with Gasteiger partial charge in [-0.3, -0.25) is 4.79 Å². The Morgan fingerprint density at radius 2 is 2.26 bits per heavy atom. The molecule has 1 N–H and O–H groups in total. The molecule has 23 heavy (non-hydrogen) atoms. The third-order valence-corrected chi connectivity index (χ3v) is 4.12. The Morgan fingerprint density at radius 1 is 1.48 bits per heavy atom. The molecule has 2 aromatic rings. The van der Waals surface area contributed by atoms with Crippen molar-refractivity contribution in [3.63, 3.8) is 0 Å². The van der Waals surface area contributed by atoms with Gasteiger partial charge in [0, 0.05) is 36.7 Å². The summed E-state index contributed by atoms with van der Waals surface area (Å²) in [4.78, 5) is 14.7. The number of benzene rings is 1. The van der Waals surface area contributed by atoms with Crippen molar-refractivity contribution in [2.45, 2.75) is 13.3 Å². The molecule has 1 saturated heterocycles. The van der Waals surface area contributed by atoms with Gasteiger partial charge in [0.05, 0.1) is 6.61 Å². The number of carbonyl (C=O) groups excluding carboxylic acids is 1. The van der Waals surface area contributed by atoms with Crippen LogP contribution in [0.3, 0.4) is 0 Å². The number of hydrogen-bond acceptors (Lipinski definition) is 5. The fourth-order valence-corrected chi connectivity index (χ4v) is 2.85. The number of nitrogens with one attached hydrogen (secondary N) is 1. The van der Waals surface area contributed by atoms with Crippen LogP contribution in [0.1, 0.15) is 23.7 Å². The van der Waals surface area contributed by atoms with E-state index < -0.39 is 0 Å². The van der Waals surface area contributed by atoms with Crippen LogP contribution < -0.4 is 0 Å². The Morgan fingerprint density at radius 3 is 2.91 bits per heavy atom. The van der Waals surface area contributed by atoms with E-state index >= 15 is 0 Å². The number of likely N-dealkylation sites (tertiary alicyclic amines) is 1. The molecule has 2 heterocycles. The first-order valence-corrected chi connectivity index (χ1v) is 8.11. The van der Waals surface area contributed by atoms with Gasteiger partial charge in [-0.2, -0.15) is 0 Å². The summed E-state index contributed by atoms with van der Waals surface area (Å²) in [5.41, 5.74) is 1.45. The second kappa shape index (κ2) is 7.06. The lowest BCUT2D eigenvalue weighted by molar-refractivity contribution is 0.0763. The third kappa shape index (κ3) is 3.68. The first kappa shape index (κ1) is 15.9. The molecule has 7 heteroatoms. The van der Waals surface area contributed by atoms with Crippen LogP contribution in [0.4, 0.5) is 0 Å². The molecule has 1 aliphatic rings. The van der Waals surface area contributed by atoms with Crippen LogP contribution in [-0.2, 0) is 4.74 Å². The van der Waals surface area contributed by atoms with E-state index in [4.69, 9.17) is 21.4 Å². The molecule has 1 amide bonds. The lowest BCUT2D eigenvalue weighted by Gasteiger charge is -2.16. The summed E-state index contributed by atoms with van der Waals surface area (Å²) in [6.45, 7) is 4.97. The van der Waals surface area contributed by atoms with Gasteiger partial charge in [-0.1, -0.05) is 0 Å². The van der Waals surface area contributed by atoms with Gasteiger partial charge in [0.1, 0.15) is 0 Å². The van der Waals surface area contributed by atoms with E-state index in [1.54, 1.807) is 12.1 Å². The Bertz CT molecular complexity index is 723. The Labute approximate surface area is 139 Å². The molecule has 3 rings (SSSR count). The van der Waals surface area contributed by atoms with Crippen molar-refractivity contribution < 1.29 is 13.9 Å². The summed E-state index contributed by atoms with van der Waals surface area (Å²) in [5, 5.41) is 6.55. The number of H-pyrrole nitrogens is 1. The molecule has 1 aromatic heterocycles. The molecule has 0 saturated carbocycles. The molecule has 0 aliphatic carbocycles. The highest BCUT2D eigenvalue weighted by Crippen LogP contribution is 2.21. The molecule has 0 radical (unpaired) electrons. The van der Waals surface area contributed by atoms with Gasteiger partial charge in [-0.25, -0.2) is 5.10 Å². The second-order valence-corrected chi connectivity index (χ2v) is 5.93.